The maximum Gasteiger partial charge on any atom is 0.0795 e. The average Bonchev–Trinajstić information content (AvgIpc) is 2.88. The smallest absolute Gasteiger partial charge is 0.0795 e. The highest BCUT2D eigenvalue weighted by atomic mass is 32.1. The molecule has 0 radical (unpaired) electrons. The Morgan fingerprint density at radius 3 is 3.07 bits per heavy atom. The first-order chi connectivity index (χ1) is 7.40. The first-order valence-corrected chi connectivity index (χ1v) is 6.53. The van der Waals surface area contributed by atoms with Crippen LogP contribution in [0.2, 0.25) is 0 Å². The first-order valence-electron chi connectivity index (χ1n) is 5.59. The molecule has 3 nitrogen and oxygen atoms in total. The number of nitrogens with zero attached hydrogens (tertiary/aromatic N) is 1. The monoisotopic (exact) mass is 226 g/mol. The Bertz CT molecular complexity index is 276. The van der Waals surface area contributed by atoms with Crippen molar-refractivity contribution in [2.75, 3.05) is 13.2 Å². The van der Waals surface area contributed by atoms with Crippen LogP contribution in [0.1, 0.15) is 25.0 Å². The molecule has 0 amide bonds. The van der Waals surface area contributed by atoms with Crippen molar-refractivity contribution in [1.29, 1.82) is 0 Å². The zero-order chi connectivity index (χ0) is 10.5. The molecular formula is C11H18N2OS. The van der Waals surface area contributed by atoms with Crippen LogP contribution in [0.25, 0.3) is 0 Å². The molecule has 1 aromatic rings. The van der Waals surface area contributed by atoms with Gasteiger partial charge in [0.25, 0.3) is 0 Å². The lowest BCUT2D eigenvalue weighted by molar-refractivity contribution is 0.192. The summed E-state index contributed by atoms with van der Waals surface area (Å²) in [5.41, 5.74) is 2.99. The summed E-state index contributed by atoms with van der Waals surface area (Å²) >= 11 is 1.64. The van der Waals surface area contributed by atoms with Crippen LogP contribution in [0.4, 0.5) is 0 Å². The molecule has 2 atom stereocenters. The van der Waals surface area contributed by atoms with Crippen molar-refractivity contribution in [3.05, 3.63) is 16.6 Å². The van der Waals surface area contributed by atoms with E-state index in [1.807, 2.05) is 5.51 Å². The molecule has 1 aliphatic rings. The van der Waals surface area contributed by atoms with Gasteiger partial charge in [0, 0.05) is 18.5 Å². The summed E-state index contributed by atoms with van der Waals surface area (Å²) < 4.78 is 0. The van der Waals surface area contributed by atoms with Crippen LogP contribution < -0.4 is 5.32 Å². The molecule has 0 aliphatic heterocycles. The summed E-state index contributed by atoms with van der Waals surface area (Å²) in [7, 11) is 0. The zero-order valence-corrected chi connectivity index (χ0v) is 9.67. The number of nitrogens with one attached hydrogen (secondary N) is 1. The summed E-state index contributed by atoms with van der Waals surface area (Å²) in [5.74, 6) is 1.18. The van der Waals surface area contributed by atoms with Gasteiger partial charge >= 0.3 is 0 Å². The molecule has 2 N–H and O–H groups in total. The van der Waals surface area contributed by atoms with Gasteiger partial charge in [0.1, 0.15) is 0 Å². The molecule has 0 bridgehead atoms. The van der Waals surface area contributed by atoms with Gasteiger partial charge in [0.2, 0.25) is 0 Å². The highest BCUT2D eigenvalue weighted by Crippen LogP contribution is 2.30. The Labute approximate surface area is 94.5 Å². The molecule has 1 aromatic heterocycles. The molecule has 1 saturated carbocycles. The van der Waals surface area contributed by atoms with E-state index in [1.165, 1.54) is 19.3 Å². The summed E-state index contributed by atoms with van der Waals surface area (Å²) in [6.45, 7) is 2.23. The van der Waals surface area contributed by atoms with Crippen molar-refractivity contribution >= 4 is 11.3 Å². The van der Waals surface area contributed by atoms with E-state index in [-0.39, 0.29) is 0 Å². The van der Waals surface area contributed by atoms with Crippen molar-refractivity contribution in [3.63, 3.8) is 0 Å². The number of hydrogen-bond donors (Lipinski definition) is 2. The van der Waals surface area contributed by atoms with E-state index in [9.17, 15) is 5.11 Å². The number of aliphatic hydroxyl groups excluding tert-OH is 1. The average molecular weight is 226 g/mol. The van der Waals surface area contributed by atoms with Gasteiger partial charge in [-0.2, -0.15) is 0 Å². The third-order valence-corrected chi connectivity index (χ3v) is 3.88. The van der Waals surface area contributed by atoms with Crippen molar-refractivity contribution < 1.29 is 5.11 Å². The normalized spacial score (nSPS) is 25.9. The molecular weight excluding hydrogens is 208 g/mol. The second-order valence-corrected chi connectivity index (χ2v) is 4.96. The van der Waals surface area contributed by atoms with Gasteiger partial charge in [0.05, 0.1) is 11.2 Å². The predicted octanol–water partition coefficient (Wildman–Crippen LogP) is 1.64. The fourth-order valence-corrected chi connectivity index (χ4v) is 2.89. The number of aliphatic hydroxyl groups is 1. The lowest BCUT2D eigenvalue weighted by Gasteiger charge is -2.17. The van der Waals surface area contributed by atoms with Gasteiger partial charge in [0.15, 0.2) is 0 Å². The minimum absolute atomic E-state index is 0.350. The SMILES string of the molecule is OCC1CCCC1CNCc1cscn1. The molecule has 1 aliphatic carbocycles. The minimum atomic E-state index is 0.350. The lowest BCUT2D eigenvalue weighted by Crippen LogP contribution is -2.26. The Kier molecular flexibility index (Phi) is 4.11. The number of rotatable bonds is 5. The Morgan fingerprint density at radius 2 is 2.33 bits per heavy atom. The van der Waals surface area contributed by atoms with E-state index in [2.05, 4.69) is 15.7 Å². The maximum atomic E-state index is 9.18. The fourth-order valence-electron chi connectivity index (χ4n) is 2.33. The fraction of sp³-hybridized carbons (Fsp3) is 0.727. The molecule has 84 valence electrons. The van der Waals surface area contributed by atoms with E-state index in [0.717, 1.165) is 18.8 Å². The van der Waals surface area contributed by atoms with E-state index in [0.29, 0.717) is 18.4 Å². The van der Waals surface area contributed by atoms with Gasteiger partial charge in [-0.15, -0.1) is 11.3 Å². The Balaban J connectivity index is 1.69. The molecule has 0 aromatic carbocycles. The van der Waals surface area contributed by atoms with E-state index < -0.39 is 0 Å². The minimum Gasteiger partial charge on any atom is -0.396 e. The van der Waals surface area contributed by atoms with Crippen LogP contribution in [0.15, 0.2) is 10.9 Å². The van der Waals surface area contributed by atoms with Crippen LogP contribution in [0.5, 0.6) is 0 Å². The summed E-state index contributed by atoms with van der Waals surface area (Å²) in [5, 5.41) is 14.7. The summed E-state index contributed by atoms with van der Waals surface area (Å²) in [6, 6.07) is 0. The van der Waals surface area contributed by atoms with Crippen LogP contribution in [0, 0.1) is 11.8 Å². The molecule has 0 spiro atoms. The van der Waals surface area contributed by atoms with Crippen LogP contribution >= 0.6 is 11.3 Å². The number of aromatic nitrogens is 1. The van der Waals surface area contributed by atoms with Crippen LogP contribution in [0.3, 0.4) is 0 Å². The van der Waals surface area contributed by atoms with E-state index in [4.69, 9.17) is 0 Å². The highest BCUT2D eigenvalue weighted by molar-refractivity contribution is 7.07. The molecule has 4 heteroatoms. The number of hydrogen-bond acceptors (Lipinski definition) is 4. The molecule has 0 saturated heterocycles. The van der Waals surface area contributed by atoms with Gasteiger partial charge in [-0.25, -0.2) is 4.98 Å². The van der Waals surface area contributed by atoms with Crippen molar-refractivity contribution in [2.45, 2.75) is 25.8 Å². The predicted molar refractivity (Wildman–Crippen MR) is 61.7 cm³/mol. The Morgan fingerprint density at radius 1 is 1.47 bits per heavy atom. The van der Waals surface area contributed by atoms with E-state index in [1.54, 1.807) is 11.3 Å². The van der Waals surface area contributed by atoms with Crippen molar-refractivity contribution in [2.24, 2.45) is 11.8 Å². The van der Waals surface area contributed by atoms with E-state index >= 15 is 0 Å². The molecule has 2 unspecified atom stereocenters. The summed E-state index contributed by atoms with van der Waals surface area (Å²) in [4.78, 5) is 4.23. The molecule has 15 heavy (non-hydrogen) atoms. The maximum absolute atomic E-state index is 9.18. The first kappa shape index (κ1) is 11.0. The third kappa shape index (κ3) is 3.00. The molecule has 1 heterocycles. The second-order valence-electron chi connectivity index (χ2n) is 4.24. The van der Waals surface area contributed by atoms with Gasteiger partial charge in [-0.3, -0.25) is 0 Å². The van der Waals surface area contributed by atoms with Gasteiger partial charge in [-0.05, 0) is 31.2 Å². The summed E-state index contributed by atoms with van der Waals surface area (Å²) in [6.07, 6.45) is 3.73. The van der Waals surface area contributed by atoms with Crippen molar-refractivity contribution in [3.8, 4) is 0 Å². The van der Waals surface area contributed by atoms with Crippen LogP contribution in [-0.4, -0.2) is 23.2 Å². The lowest BCUT2D eigenvalue weighted by atomic mass is 9.97. The van der Waals surface area contributed by atoms with Gasteiger partial charge in [-0.1, -0.05) is 6.42 Å². The highest BCUT2D eigenvalue weighted by Gasteiger charge is 2.25. The third-order valence-electron chi connectivity index (χ3n) is 3.25. The van der Waals surface area contributed by atoms with Crippen LogP contribution in [-0.2, 0) is 6.54 Å². The second kappa shape index (κ2) is 5.58. The quantitative estimate of drug-likeness (QED) is 0.802. The topological polar surface area (TPSA) is 45.1 Å². The number of thiazole rings is 1. The molecule has 1 fully saturated rings. The largest absolute Gasteiger partial charge is 0.396 e. The standard InChI is InChI=1S/C11H18N2OS/c14-6-10-3-1-2-9(10)4-12-5-11-7-15-8-13-11/h7-10,12,14H,1-6H2. The van der Waals surface area contributed by atoms with Gasteiger partial charge < -0.3 is 10.4 Å². The zero-order valence-electron chi connectivity index (χ0n) is 8.85. The molecule has 2 rings (SSSR count). The Hall–Kier alpha value is -0.450. The van der Waals surface area contributed by atoms with Crippen molar-refractivity contribution in [1.82, 2.24) is 10.3 Å².